The molecule has 0 aromatic heterocycles. The van der Waals surface area contributed by atoms with Crippen LogP contribution in [0.25, 0.3) is 0 Å². The fraction of sp³-hybridized carbons (Fsp3) is 0.462. The van der Waals surface area contributed by atoms with E-state index in [0.717, 1.165) is 6.42 Å². The number of hydrogen-bond acceptors (Lipinski definition) is 1. The van der Waals surface area contributed by atoms with Gasteiger partial charge in [0.2, 0.25) is 5.91 Å². The van der Waals surface area contributed by atoms with Gasteiger partial charge in [0.25, 0.3) is 0 Å². The first-order valence-electron chi connectivity index (χ1n) is 5.49. The molecular weight excluding hydrogens is 222 g/mol. The number of halogens is 1. The van der Waals surface area contributed by atoms with Gasteiger partial charge in [0.1, 0.15) is 5.38 Å². The van der Waals surface area contributed by atoms with Crippen molar-refractivity contribution >= 4 is 17.5 Å². The van der Waals surface area contributed by atoms with Crippen molar-refractivity contribution in [1.82, 2.24) is 5.32 Å². The number of benzene rings is 1. The molecule has 1 amide bonds. The molecule has 2 unspecified atom stereocenters. The van der Waals surface area contributed by atoms with Gasteiger partial charge in [-0.1, -0.05) is 29.8 Å². The number of rotatable bonds is 4. The molecule has 0 aliphatic heterocycles. The molecule has 0 spiro atoms. The molecule has 0 bridgehead atoms. The van der Waals surface area contributed by atoms with Gasteiger partial charge in [-0.25, -0.2) is 0 Å². The Morgan fingerprint density at radius 3 is 2.38 bits per heavy atom. The van der Waals surface area contributed by atoms with E-state index in [1.165, 1.54) is 11.1 Å². The first kappa shape index (κ1) is 13.0. The van der Waals surface area contributed by atoms with Gasteiger partial charge in [-0.15, -0.1) is 11.6 Å². The van der Waals surface area contributed by atoms with Crippen molar-refractivity contribution in [2.24, 2.45) is 0 Å². The van der Waals surface area contributed by atoms with Crippen molar-refractivity contribution < 1.29 is 4.79 Å². The summed E-state index contributed by atoms with van der Waals surface area (Å²) in [5.41, 5.74) is 2.47. The Bertz CT molecular complexity index is 345. The van der Waals surface area contributed by atoms with Crippen LogP contribution in [0.3, 0.4) is 0 Å². The highest BCUT2D eigenvalue weighted by atomic mass is 35.5. The average Bonchev–Trinajstić information content (AvgIpc) is 2.21. The Labute approximate surface area is 102 Å². The highest BCUT2D eigenvalue weighted by Gasteiger charge is 2.12. The molecule has 0 aliphatic carbocycles. The quantitative estimate of drug-likeness (QED) is 0.805. The molecule has 1 aromatic carbocycles. The van der Waals surface area contributed by atoms with Gasteiger partial charge in [-0.2, -0.15) is 0 Å². The second-order valence-electron chi connectivity index (χ2n) is 4.22. The molecule has 2 atom stereocenters. The van der Waals surface area contributed by atoms with E-state index in [9.17, 15) is 4.79 Å². The molecule has 88 valence electrons. The minimum atomic E-state index is -0.472. The Hall–Kier alpha value is -1.02. The number of amides is 1. The summed E-state index contributed by atoms with van der Waals surface area (Å²) in [5, 5.41) is 2.40. The second kappa shape index (κ2) is 5.90. The van der Waals surface area contributed by atoms with E-state index >= 15 is 0 Å². The maximum atomic E-state index is 11.4. The zero-order valence-corrected chi connectivity index (χ0v) is 10.7. The highest BCUT2D eigenvalue weighted by Crippen LogP contribution is 2.06. The summed E-state index contributed by atoms with van der Waals surface area (Å²) in [6.07, 6.45) is 0.829. The number of carbonyl (C=O) groups is 1. The van der Waals surface area contributed by atoms with E-state index in [1.54, 1.807) is 6.92 Å². The minimum absolute atomic E-state index is 0.108. The van der Waals surface area contributed by atoms with E-state index in [4.69, 9.17) is 11.6 Å². The van der Waals surface area contributed by atoms with Crippen molar-refractivity contribution in [3.05, 3.63) is 35.4 Å². The molecule has 16 heavy (non-hydrogen) atoms. The number of carbonyl (C=O) groups excluding carboxylic acids is 1. The lowest BCUT2D eigenvalue weighted by atomic mass is 10.1. The van der Waals surface area contributed by atoms with E-state index in [0.29, 0.717) is 0 Å². The van der Waals surface area contributed by atoms with E-state index in [2.05, 4.69) is 36.5 Å². The molecule has 0 saturated carbocycles. The molecular formula is C13H18ClNO. The topological polar surface area (TPSA) is 29.1 Å². The lowest BCUT2D eigenvalue weighted by Crippen LogP contribution is -2.38. The first-order valence-corrected chi connectivity index (χ1v) is 5.92. The largest absolute Gasteiger partial charge is 0.352 e. The molecule has 1 rings (SSSR count). The summed E-state index contributed by atoms with van der Waals surface area (Å²) in [7, 11) is 0. The monoisotopic (exact) mass is 239 g/mol. The lowest BCUT2D eigenvalue weighted by molar-refractivity contribution is -0.121. The summed E-state index contributed by atoms with van der Waals surface area (Å²) in [6.45, 7) is 5.72. The number of aryl methyl sites for hydroxylation is 1. The van der Waals surface area contributed by atoms with E-state index < -0.39 is 5.38 Å². The molecule has 0 radical (unpaired) electrons. The Morgan fingerprint density at radius 2 is 1.88 bits per heavy atom. The van der Waals surface area contributed by atoms with E-state index in [1.807, 2.05) is 6.92 Å². The summed E-state index contributed by atoms with van der Waals surface area (Å²) in [6, 6.07) is 8.43. The van der Waals surface area contributed by atoms with Crippen LogP contribution in [0.15, 0.2) is 24.3 Å². The van der Waals surface area contributed by atoms with Crippen LogP contribution >= 0.6 is 11.6 Å². The molecule has 0 fully saturated rings. The van der Waals surface area contributed by atoms with Crippen LogP contribution in [0, 0.1) is 6.92 Å². The standard InChI is InChI=1S/C13H18ClNO/c1-9-4-6-12(7-5-9)8-10(2)15-13(16)11(3)14/h4-7,10-11H,8H2,1-3H3,(H,15,16). The Morgan fingerprint density at radius 1 is 1.31 bits per heavy atom. The summed E-state index contributed by atoms with van der Waals surface area (Å²) >= 11 is 5.68. The first-order chi connectivity index (χ1) is 7.49. The number of nitrogens with one attached hydrogen (secondary N) is 1. The fourth-order valence-electron chi connectivity index (χ4n) is 1.49. The van der Waals surface area contributed by atoms with Crippen LogP contribution in [0.1, 0.15) is 25.0 Å². The smallest absolute Gasteiger partial charge is 0.237 e. The van der Waals surface area contributed by atoms with Crippen molar-refractivity contribution in [2.75, 3.05) is 0 Å². The second-order valence-corrected chi connectivity index (χ2v) is 4.87. The fourth-order valence-corrected chi connectivity index (χ4v) is 1.55. The van der Waals surface area contributed by atoms with Gasteiger partial charge < -0.3 is 5.32 Å². The predicted octanol–water partition coefficient (Wildman–Crippen LogP) is 2.67. The van der Waals surface area contributed by atoms with Crippen LogP contribution < -0.4 is 5.32 Å². The van der Waals surface area contributed by atoms with Crippen molar-refractivity contribution in [3.8, 4) is 0 Å². The third kappa shape index (κ3) is 4.23. The van der Waals surface area contributed by atoms with Crippen LogP contribution in [0.2, 0.25) is 0 Å². The molecule has 1 N–H and O–H groups in total. The van der Waals surface area contributed by atoms with Crippen molar-refractivity contribution in [2.45, 2.75) is 38.6 Å². The van der Waals surface area contributed by atoms with Crippen LogP contribution in [0.4, 0.5) is 0 Å². The van der Waals surface area contributed by atoms with Crippen molar-refractivity contribution in [1.29, 1.82) is 0 Å². The predicted molar refractivity (Wildman–Crippen MR) is 67.8 cm³/mol. The summed E-state index contributed by atoms with van der Waals surface area (Å²) in [4.78, 5) is 11.4. The molecule has 0 saturated heterocycles. The zero-order valence-electron chi connectivity index (χ0n) is 9.96. The molecule has 3 heteroatoms. The maximum absolute atomic E-state index is 11.4. The maximum Gasteiger partial charge on any atom is 0.237 e. The highest BCUT2D eigenvalue weighted by molar-refractivity contribution is 6.30. The third-order valence-corrected chi connectivity index (χ3v) is 2.61. The Kier molecular flexibility index (Phi) is 4.81. The normalized spacial score (nSPS) is 14.2. The van der Waals surface area contributed by atoms with Crippen LogP contribution in [-0.4, -0.2) is 17.3 Å². The Balaban J connectivity index is 2.48. The molecule has 0 aliphatic rings. The molecule has 1 aromatic rings. The lowest BCUT2D eigenvalue weighted by Gasteiger charge is -2.15. The SMILES string of the molecule is Cc1ccc(CC(C)NC(=O)C(C)Cl)cc1. The van der Waals surface area contributed by atoms with Gasteiger partial charge in [-0.05, 0) is 32.8 Å². The summed E-state index contributed by atoms with van der Waals surface area (Å²) < 4.78 is 0. The number of alkyl halides is 1. The minimum Gasteiger partial charge on any atom is -0.352 e. The van der Waals surface area contributed by atoms with Crippen LogP contribution in [0.5, 0.6) is 0 Å². The molecule has 0 heterocycles. The van der Waals surface area contributed by atoms with Gasteiger partial charge in [0.15, 0.2) is 0 Å². The van der Waals surface area contributed by atoms with Crippen molar-refractivity contribution in [3.63, 3.8) is 0 Å². The van der Waals surface area contributed by atoms with Gasteiger partial charge in [0, 0.05) is 6.04 Å². The van der Waals surface area contributed by atoms with Gasteiger partial charge >= 0.3 is 0 Å². The third-order valence-electron chi connectivity index (χ3n) is 2.41. The average molecular weight is 240 g/mol. The van der Waals surface area contributed by atoms with E-state index in [-0.39, 0.29) is 11.9 Å². The number of hydrogen-bond donors (Lipinski definition) is 1. The molecule has 2 nitrogen and oxygen atoms in total. The van der Waals surface area contributed by atoms with Gasteiger partial charge in [-0.3, -0.25) is 4.79 Å². The van der Waals surface area contributed by atoms with Crippen LogP contribution in [-0.2, 0) is 11.2 Å². The summed E-state index contributed by atoms with van der Waals surface area (Å²) in [5.74, 6) is -0.110. The van der Waals surface area contributed by atoms with Gasteiger partial charge in [0.05, 0.1) is 0 Å². The zero-order chi connectivity index (χ0) is 12.1.